The van der Waals surface area contributed by atoms with E-state index in [1.807, 2.05) is 42.5 Å². The predicted octanol–water partition coefficient (Wildman–Crippen LogP) is 5.26. The third-order valence-electron chi connectivity index (χ3n) is 3.10. The quantitative estimate of drug-likeness (QED) is 0.703. The molecule has 0 bridgehead atoms. The molecule has 3 heteroatoms. The van der Waals surface area contributed by atoms with E-state index in [1.54, 1.807) is 0 Å². The van der Waals surface area contributed by atoms with Crippen molar-refractivity contribution in [3.8, 4) is 0 Å². The van der Waals surface area contributed by atoms with Crippen LogP contribution >= 0.6 is 11.6 Å². The Balaban J connectivity index is 1.83. The van der Waals surface area contributed by atoms with Crippen molar-refractivity contribution in [1.29, 1.82) is 0 Å². The molecular weight excluding hydrogens is 258 g/mol. The van der Waals surface area contributed by atoms with Crippen LogP contribution in [-0.4, -0.2) is 0 Å². The molecule has 0 aliphatic carbocycles. The third kappa shape index (κ3) is 2.59. The second-order valence-corrected chi connectivity index (χ2v) is 5.00. The van der Waals surface area contributed by atoms with Crippen molar-refractivity contribution in [2.45, 2.75) is 13.0 Å². The zero-order chi connectivity index (χ0) is 13.2. The number of nitrogens with one attached hydrogen (secondary N) is 1. The molecule has 0 aliphatic heterocycles. The Bertz CT molecular complexity index is 654. The topological polar surface area (TPSA) is 25.2 Å². The second kappa shape index (κ2) is 4.98. The summed E-state index contributed by atoms with van der Waals surface area (Å²) in [6, 6.07) is 17.9. The second-order valence-electron chi connectivity index (χ2n) is 4.56. The van der Waals surface area contributed by atoms with E-state index in [4.69, 9.17) is 16.0 Å². The van der Waals surface area contributed by atoms with Crippen molar-refractivity contribution >= 4 is 28.3 Å². The van der Waals surface area contributed by atoms with Crippen LogP contribution in [0.3, 0.4) is 0 Å². The van der Waals surface area contributed by atoms with Crippen molar-refractivity contribution in [3.63, 3.8) is 0 Å². The van der Waals surface area contributed by atoms with Crippen LogP contribution in [-0.2, 0) is 0 Å². The Labute approximate surface area is 117 Å². The Morgan fingerprint density at radius 2 is 1.79 bits per heavy atom. The minimum Gasteiger partial charge on any atom is -0.459 e. The summed E-state index contributed by atoms with van der Waals surface area (Å²) in [5.74, 6) is 0.927. The molecule has 3 rings (SSSR count). The number of fused-ring (bicyclic) bond motifs is 1. The fourth-order valence-electron chi connectivity index (χ4n) is 2.08. The van der Waals surface area contributed by atoms with E-state index >= 15 is 0 Å². The average molecular weight is 272 g/mol. The molecule has 1 unspecified atom stereocenters. The fourth-order valence-corrected chi connectivity index (χ4v) is 2.21. The lowest BCUT2D eigenvalue weighted by atomic mass is 10.2. The van der Waals surface area contributed by atoms with Gasteiger partial charge in [0.05, 0.1) is 6.04 Å². The van der Waals surface area contributed by atoms with Crippen molar-refractivity contribution < 1.29 is 4.42 Å². The molecule has 96 valence electrons. The van der Waals surface area contributed by atoms with Crippen LogP contribution in [0.5, 0.6) is 0 Å². The number of rotatable bonds is 3. The average Bonchev–Trinajstić information content (AvgIpc) is 2.85. The molecule has 2 nitrogen and oxygen atoms in total. The first-order valence-corrected chi connectivity index (χ1v) is 6.61. The Morgan fingerprint density at radius 3 is 2.53 bits per heavy atom. The summed E-state index contributed by atoms with van der Waals surface area (Å²) in [6.07, 6.45) is 0. The van der Waals surface area contributed by atoms with Crippen molar-refractivity contribution in [2.24, 2.45) is 0 Å². The van der Waals surface area contributed by atoms with E-state index < -0.39 is 0 Å². The van der Waals surface area contributed by atoms with Gasteiger partial charge in [-0.05, 0) is 43.3 Å². The first-order valence-electron chi connectivity index (χ1n) is 6.23. The Kier molecular flexibility index (Phi) is 3.18. The number of para-hydroxylation sites is 1. The van der Waals surface area contributed by atoms with Gasteiger partial charge >= 0.3 is 0 Å². The number of furan rings is 1. The first kappa shape index (κ1) is 12.1. The highest BCUT2D eigenvalue weighted by Gasteiger charge is 2.11. The summed E-state index contributed by atoms with van der Waals surface area (Å²) < 4.78 is 5.84. The molecule has 19 heavy (non-hydrogen) atoms. The van der Waals surface area contributed by atoms with E-state index in [0.29, 0.717) is 0 Å². The van der Waals surface area contributed by atoms with E-state index in [2.05, 4.69) is 24.4 Å². The Hall–Kier alpha value is -1.93. The van der Waals surface area contributed by atoms with Crippen LogP contribution < -0.4 is 5.32 Å². The van der Waals surface area contributed by atoms with Crippen LogP contribution in [0.4, 0.5) is 5.69 Å². The van der Waals surface area contributed by atoms with Gasteiger partial charge < -0.3 is 9.73 Å². The lowest BCUT2D eigenvalue weighted by molar-refractivity contribution is 0.526. The molecule has 1 N–H and O–H groups in total. The number of benzene rings is 2. The third-order valence-corrected chi connectivity index (χ3v) is 3.35. The molecule has 1 heterocycles. The van der Waals surface area contributed by atoms with Crippen molar-refractivity contribution in [3.05, 3.63) is 65.4 Å². The van der Waals surface area contributed by atoms with Gasteiger partial charge in [0.25, 0.3) is 0 Å². The number of halogens is 1. The molecule has 0 saturated carbocycles. The summed E-state index contributed by atoms with van der Waals surface area (Å²) in [7, 11) is 0. The zero-order valence-electron chi connectivity index (χ0n) is 10.6. The van der Waals surface area contributed by atoms with Gasteiger partial charge in [-0.25, -0.2) is 0 Å². The van der Waals surface area contributed by atoms with Crippen molar-refractivity contribution in [1.82, 2.24) is 0 Å². The molecular formula is C16H14ClNO. The Morgan fingerprint density at radius 1 is 1.05 bits per heavy atom. The lowest BCUT2D eigenvalue weighted by Crippen LogP contribution is -2.05. The van der Waals surface area contributed by atoms with Gasteiger partial charge in [-0.1, -0.05) is 29.8 Å². The molecule has 1 aromatic heterocycles. The smallest absolute Gasteiger partial charge is 0.134 e. The van der Waals surface area contributed by atoms with Gasteiger partial charge in [-0.2, -0.15) is 0 Å². The summed E-state index contributed by atoms with van der Waals surface area (Å²) in [5, 5.41) is 5.26. The zero-order valence-corrected chi connectivity index (χ0v) is 11.3. The van der Waals surface area contributed by atoms with E-state index in [1.165, 1.54) is 0 Å². The van der Waals surface area contributed by atoms with Gasteiger partial charge in [-0.3, -0.25) is 0 Å². The SMILES string of the molecule is CC(Nc1ccc(Cl)cc1)c1cc2ccccc2o1. The molecule has 2 aromatic carbocycles. The van der Waals surface area contributed by atoms with Crippen LogP contribution in [0.15, 0.2) is 59.0 Å². The largest absolute Gasteiger partial charge is 0.459 e. The van der Waals surface area contributed by atoms with Gasteiger partial charge in [0.2, 0.25) is 0 Å². The highest BCUT2D eigenvalue weighted by molar-refractivity contribution is 6.30. The highest BCUT2D eigenvalue weighted by Crippen LogP contribution is 2.26. The maximum absolute atomic E-state index is 5.87. The van der Waals surface area contributed by atoms with Crippen LogP contribution in [0.25, 0.3) is 11.0 Å². The molecule has 0 radical (unpaired) electrons. The van der Waals surface area contributed by atoms with Crippen LogP contribution in [0.2, 0.25) is 5.02 Å². The van der Waals surface area contributed by atoms with Crippen molar-refractivity contribution in [2.75, 3.05) is 5.32 Å². The summed E-state index contributed by atoms with van der Waals surface area (Å²) in [6.45, 7) is 2.08. The lowest BCUT2D eigenvalue weighted by Gasteiger charge is -2.12. The van der Waals surface area contributed by atoms with Gasteiger partial charge in [0, 0.05) is 16.1 Å². The van der Waals surface area contributed by atoms with Gasteiger partial charge in [0.1, 0.15) is 11.3 Å². The first-order chi connectivity index (χ1) is 9.22. The summed E-state index contributed by atoms with van der Waals surface area (Å²) in [5.41, 5.74) is 1.94. The van der Waals surface area contributed by atoms with E-state index in [0.717, 1.165) is 27.4 Å². The maximum Gasteiger partial charge on any atom is 0.134 e. The maximum atomic E-state index is 5.87. The molecule has 0 aliphatic rings. The molecule has 0 fully saturated rings. The fraction of sp³-hybridized carbons (Fsp3) is 0.125. The standard InChI is InChI=1S/C16H14ClNO/c1-11(18-14-8-6-13(17)7-9-14)16-10-12-4-2-3-5-15(12)19-16/h2-11,18H,1H3. The number of hydrogen-bond acceptors (Lipinski definition) is 2. The predicted molar refractivity (Wildman–Crippen MR) is 79.7 cm³/mol. The van der Waals surface area contributed by atoms with Gasteiger partial charge in [-0.15, -0.1) is 0 Å². The molecule has 0 spiro atoms. The molecule has 1 atom stereocenters. The molecule has 0 saturated heterocycles. The minimum atomic E-state index is 0.105. The van der Waals surface area contributed by atoms with Gasteiger partial charge in [0.15, 0.2) is 0 Å². The molecule has 0 amide bonds. The molecule has 3 aromatic rings. The van der Waals surface area contributed by atoms with E-state index in [-0.39, 0.29) is 6.04 Å². The highest BCUT2D eigenvalue weighted by atomic mass is 35.5. The minimum absolute atomic E-state index is 0.105. The summed E-state index contributed by atoms with van der Waals surface area (Å²) >= 11 is 5.87. The van der Waals surface area contributed by atoms with Crippen LogP contribution in [0.1, 0.15) is 18.7 Å². The van der Waals surface area contributed by atoms with E-state index in [9.17, 15) is 0 Å². The summed E-state index contributed by atoms with van der Waals surface area (Å²) in [4.78, 5) is 0. The van der Waals surface area contributed by atoms with Crippen LogP contribution in [0, 0.1) is 0 Å². The monoisotopic (exact) mass is 271 g/mol. The number of hydrogen-bond donors (Lipinski definition) is 1. The normalized spacial score (nSPS) is 12.5. The number of anilines is 1.